The summed E-state index contributed by atoms with van der Waals surface area (Å²) in [7, 11) is 0. The van der Waals surface area contributed by atoms with Gasteiger partial charge in [0.2, 0.25) is 0 Å². The molecule has 7 rings (SSSR count). The van der Waals surface area contributed by atoms with Crippen molar-refractivity contribution in [3.8, 4) is 34.2 Å². The molecule has 0 N–H and O–H groups in total. The van der Waals surface area contributed by atoms with Gasteiger partial charge in [-0.2, -0.15) is 0 Å². The molecule has 0 aliphatic heterocycles. The lowest BCUT2D eigenvalue weighted by molar-refractivity contribution is 0.669. The Kier molecular flexibility index (Phi) is 4.79. The molecule has 2 heterocycles. The van der Waals surface area contributed by atoms with Crippen LogP contribution in [-0.2, 0) is 0 Å². The van der Waals surface area contributed by atoms with Gasteiger partial charge >= 0.3 is 0 Å². The van der Waals surface area contributed by atoms with E-state index in [2.05, 4.69) is 36.4 Å². The quantitative estimate of drug-likeness (QED) is 0.252. The van der Waals surface area contributed by atoms with Crippen molar-refractivity contribution in [2.45, 2.75) is 0 Å². The van der Waals surface area contributed by atoms with E-state index >= 15 is 0 Å². The molecule has 170 valence electrons. The number of nitrogens with zero attached hydrogens (tertiary/aromatic N) is 3. The summed E-state index contributed by atoms with van der Waals surface area (Å²) < 4.78 is 6.01. The number of furan rings is 1. The maximum atomic E-state index is 6.17. The Labute approximate surface area is 211 Å². The highest BCUT2D eigenvalue weighted by Gasteiger charge is 2.15. The first-order valence-electron chi connectivity index (χ1n) is 11.6. The van der Waals surface area contributed by atoms with Crippen LogP contribution in [0.5, 0.6) is 0 Å². The third-order valence-corrected chi connectivity index (χ3v) is 6.60. The van der Waals surface area contributed by atoms with Crippen LogP contribution in [0.2, 0.25) is 5.02 Å². The van der Waals surface area contributed by atoms with Crippen LogP contribution in [0.1, 0.15) is 0 Å². The van der Waals surface area contributed by atoms with E-state index in [9.17, 15) is 0 Å². The molecular weight excluding hydrogens is 466 g/mol. The van der Waals surface area contributed by atoms with E-state index in [0.717, 1.165) is 44.0 Å². The minimum Gasteiger partial charge on any atom is -0.456 e. The lowest BCUT2D eigenvalue weighted by Crippen LogP contribution is -2.00. The van der Waals surface area contributed by atoms with Gasteiger partial charge in [-0.05, 0) is 47.2 Å². The van der Waals surface area contributed by atoms with E-state index in [4.69, 9.17) is 31.0 Å². The van der Waals surface area contributed by atoms with Crippen molar-refractivity contribution in [2.75, 3.05) is 0 Å². The molecular formula is C31H18ClN3O. The molecule has 0 fully saturated rings. The molecule has 36 heavy (non-hydrogen) atoms. The van der Waals surface area contributed by atoms with Crippen molar-refractivity contribution in [3.63, 3.8) is 0 Å². The molecule has 0 bridgehead atoms. The third-order valence-electron chi connectivity index (χ3n) is 6.37. The van der Waals surface area contributed by atoms with E-state index in [1.54, 1.807) is 0 Å². The Bertz CT molecular complexity index is 1910. The number of benzene rings is 5. The highest BCUT2D eigenvalue weighted by Crippen LogP contribution is 2.34. The molecule has 0 atom stereocenters. The predicted octanol–water partition coefficient (Wildman–Crippen LogP) is 8.58. The first-order chi connectivity index (χ1) is 17.7. The van der Waals surface area contributed by atoms with Crippen molar-refractivity contribution in [3.05, 3.63) is 114 Å². The van der Waals surface area contributed by atoms with E-state index in [1.165, 1.54) is 5.39 Å². The normalized spacial score (nSPS) is 11.5. The van der Waals surface area contributed by atoms with Crippen molar-refractivity contribution < 1.29 is 4.42 Å². The SMILES string of the molecule is Clc1ccc2c(c1)oc1ccc(-c3nc(-c4ccccc4)nc(-c4ccc5ccccc5c4)n3)cc12. The molecule has 5 aromatic carbocycles. The van der Waals surface area contributed by atoms with Crippen molar-refractivity contribution in [1.82, 2.24) is 15.0 Å². The highest BCUT2D eigenvalue weighted by atomic mass is 35.5. The molecule has 5 heteroatoms. The Hall–Kier alpha value is -4.54. The molecule has 7 aromatic rings. The number of aromatic nitrogens is 3. The molecule has 0 saturated carbocycles. The number of hydrogen-bond donors (Lipinski definition) is 0. The fraction of sp³-hybridized carbons (Fsp3) is 0. The minimum absolute atomic E-state index is 0.609. The van der Waals surface area contributed by atoms with Crippen LogP contribution < -0.4 is 0 Å². The lowest BCUT2D eigenvalue weighted by atomic mass is 10.1. The fourth-order valence-electron chi connectivity index (χ4n) is 4.57. The van der Waals surface area contributed by atoms with Crippen LogP contribution in [0.25, 0.3) is 66.9 Å². The second-order valence-corrected chi connectivity index (χ2v) is 9.12. The first-order valence-corrected chi connectivity index (χ1v) is 12.0. The summed E-state index contributed by atoms with van der Waals surface area (Å²) in [5.41, 5.74) is 4.32. The average molecular weight is 484 g/mol. The molecule has 0 saturated heterocycles. The summed E-state index contributed by atoms with van der Waals surface area (Å²) in [6.45, 7) is 0. The molecule has 0 unspecified atom stereocenters. The second-order valence-electron chi connectivity index (χ2n) is 8.69. The molecule has 4 nitrogen and oxygen atoms in total. The fourth-order valence-corrected chi connectivity index (χ4v) is 4.73. The predicted molar refractivity (Wildman–Crippen MR) is 146 cm³/mol. The molecule has 0 amide bonds. The molecule has 0 radical (unpaired) electrons. The summed E-state index contributed by atoms with van der Waals surface area (Å²) >= 11 is 6.17. The van der Waals surface area contributed by atoms with Crippen LogP contribution in [0.3, 0.4) is 0 Å². The van der Waals surface area contributed by atoms with Gasteiger partial charge in [-0.3, -0.25) is 0 Å². The first kappa shape index (κ1) is 20.8. The van der Waals surface area contributed by atoms with Gasteiger partial charge in [0.1, 0.15) is 11.2 Å². The van der Waals surface area contributed by atoms with E-state index in [1.807, 2.05) is 72.8 Å². The monoisotopic (exact) mass is 483 g/mol. The van der Waals surface area contributed by atoms with Crippen LogP contribution in [-0.4, -0.2) is 15.0 Å². The van der Waals surface area contributed by atoms with Gasteiger partial charge in [-0.15, -0.1) is 0 Å². The van der Waals surface area contributed by atoms with Gasteiger partial charge in [0.05, 0.1) is 0 Å². The minimum atomic E-state index is 0.609. The molecule has 0 aliphatic carbocycles. The average Bonchev–Trinajstić information content (AvgIpc) is 3.29. The van der Waals surface area contributed by atoms with Crippen LogP contribution in [0.4, 0.5) is 0 Å². The zero-order valence-corrected chi connectivity index (χ0v) is 19.8. The summed E-state index contributed by atoms with van der Waals surface area (Å²) in [4.78, 5) is 14.7. The second kappa shape index (κ2) is 8.29. The Morgan fingerprint density at radius 2 is 1.14 bits per heavy atom. The summed E-state index contributed by atoms with van der Waals surface area (Å²) in [5, 5.41) is 4.96. The Balaban J connectivity index is 1.44. The van der Waals surface area contributed by atoms with E-state index in [0.29, 0.717) is 22.5 Å². The van der Waals surface area contributed by atoms with Gasteiger partial charge in [0.15, 0.2) is 17.5 Å². The number of fused-ring (bicyclic) bond motifs is 4. The topological polar surface area (TPSA) is 51.8 Å². The maximum absolute atomic E-state index is 6.17. The smallest absolute Gasteiger partial charge is 0.164 e. The van der Waals surface area contributed by atoms with E-state index < -0.39 is 0 Å². The number of rotatable bonds is 3. The maximum Gasteiger partial charge on any atom is 0.164 e. The molecule has 0 spiro atoms. The van der Waals surface area contributed by atoms with Gasteiger partial charge in [-0.1, -0.05) is 78.3 Å². The van der Waals surface area contributed by atoms with Crippen molar-refractivity contribution in [1.29, 1.82) is 0 Å². The zero-order chi connectivity index (χ0) is 24.1. The van der Waals surface area contributed by atoms with Crippen LogP contribution in [0.15, 0.2) is 114 Å². The highest BCUT2D eigenvalue weighted by molar-refractivity contribution is 6.31. The number of hydrogen-bond acceptors (Lipinski definition) is 4. The zero-order valence-electron chi connectivity index (χ0n) is 19.0. The van der Waals surface area contributed by atoms with Crippen molar-refractivity contribution >= 4 is 44.3 Å². The summed E-state index contributed by atoms with van der Waals surface area (Å²) in [5.74, 6) is 1.87. The Morgan fingerprint density at radius 1 is 0.472 bits per heavy atom. The van der Waals surface area contributed by atoms with Crippen LogP contribution in [0, 0.1) is 0 Å². The largest absolute Gasteiger partial charge is 0.456 e. The van der Waals surface area contributed by atoms with E-state index in [-0.39, 0.29) is 0 Å². The summed E-state index contributed by atoms with van der Waals surface area (Å²) in [6.07, 6.45) is 0. The standard InChI is InChI=1S/C31H18ClN3O/c32-24-13-14-25-26-17-23(12-15-27(26)36-28(25)18-24)31-34-29(20-7-2-1-3-8-20)33-30(35-31)22-11-10-19-6-4-5-9-21(19)16-22/h1-18H. The summed E-state index contributed by atoms with van der Waals surface area (Å²) in [6, 6.07) is 36.3. The molecule has 0 aliphatic rings. The van der Waals surface area contributed by atoms with Gasteiger partial charge in [0.25, 0.3) is 0 Å². The number of halogens is 1. The lowest BCUT2D eigenvalue weighted by Gasteiger charge is -2.09. The van der Waals surface area contributed by atoms with Crippen molar-refractivity contribution in [2.24, 2.45) is 0 Å². The van der Waals surface area contributed by atoms with Gasteiger partial charge < -0.3 is 4.42 Å². The van der Waals surface area contributed by atoms with Gasteiger partial charge in [0, 0.05) is 38.6 Å². The molecule has 2 aromatic heterocycles. The van der Waals surface area contributed by atoms with Crippen LogP contribution >= 0.6 is 11.6 Å². The Morgan fingerprint density at radius 3 is 1.94 bits per heavy atom. The third kappa shape index (κ3) is 3.60. The van der Waals surface area contributed by atoms with Gasteiger partial charge in [-0.25, -0.2) is 15.0 Å².